The largest absolute Gasteiger partial charge is 0.493 e. The second-order valence-corrected chi connectivity index (χ2v) is 3.42. The van der Waals surface area contributed by atoms with Gasteiger partial charge in [-0.15, -0.1) is 0 Å². The third-order valence-electron chi connectivity index (χ3n) is 1.83. The summed E-state index contributed by atoms with van der Waals surface area (Å²) in [5.74, 6) is 1.57. The van der Waals surface area contributed by atoms with Gasteiger partial charge in [-0.1, -0.05) is 35.8 Å². The molecule has 0 amide bonds. The van der Waals surface area contributed by atoms with Gasteiger partial charge in [0.05, 0.1) is 14.2 Å². The van der Waals surface area contributed by atoms with Crippen molar-refractivity contribution in [2.75, 3.05) is 19.5 Å². The summed E-state index contributed by atoms with van der Waals surface area (Å²) in [6.07, 6.45) is 1.00. The van der Waals surface area contributed by atoms with Crippen LogP contribution in [-0.4, -0.2) is 19.5 Å². The molecule has 0 heterocycles. The Morgan fingerprint density at radius 1 is 1.07 bits per heavy atom. The number of rotatable bonds is 4. The fraction of sp³-hybridized carbons (Fsp3) is 0.500. The molecule has 1 rings (SSSR count). The predicted octanol–water partition coefficient (Wildman–Crippen LogP) is 3.67. The lowest BCUT2D eigenvalue weighted by Gasteiger charge is -2.08. The Balaban J connectivity index is 0.000000921. The van der Waals surface area contributed by atoms with Gasteiger partial charge >= 0.3 is 0 Å². The molecular weight excluding hydrogens is 256 g/mol. The number of benzene rings is 1. The van der Waals surface area contributed by atoms with Gasteiger partial charge in [-0.2, -0.15) is 0 Å². The van der Waals surface area contributed by atoms with Crippen LogP contribution in [0.25, 0.3) is 0 Å². The van der Waals surface area contributed by atoms with Crippen molar-refractivity contribution >= 4 is 15.9 Å². The molecule has 0 aliphatic rings. The van der Waals surface area contributed by atoms with Crippen molar-refractivity contribution in [1.82, 2.24) is 0 Å². The van der Waals surface area contributed by atoms with E-state index in [2.05, 4.69) is 15.9 Å². The third kappa shape index (κ3) is 4.56. The zero-order chi connectivity index (χ0) is 11.7. The summed E-state index contributed by atoms with van der Waals surface area (Å²) >= 11 is 3.40. The molecule has 0 unspecified atom stereocenters. The number of methoxy groups -OCH3 is 2. The first-order valence-electron chi connectivity index (χ1n) is 5.08. The highest BCUT2D eigenvalue weighted by Gasteiger charge is 2.03. The van der Waals surface area contributed by atoms with E-state index in [1.165, 1.54) is 5.56 Å². The zero-order valence-corrected chi connectivity index (χ0v) is 11.4. The summed E-state index contributed by atoms with van der Waals surface area (Å²) in [4.78, 5) is 0. The fourth-order valence-corrected chi connectivity index (χ4v) is 1.60. The van der Waals surface area contributed by atoms with Gasteiger partial charge in [-0.05, 0) is 24.1 Å². The van der Waals surface area contributed by atoms with Crippen LogP contribution in [0.1, 0.15) is 19.4 Å². The Labute approximate surface area is 101 Å². The van der Waals surface area contributed by atoms with Gasteiger partial charge in [0.2, 0.25) is 0 Å². The minimum absolute atomic E-state index is 0.779. The van der Waals surface area contributed by atoms with Crippen molar-refractivity contribution in [3.63, 3.8) is 0 Å². The second kappa shape index (κ2) is 8.60. The molecule has 86 valence electrons. The maximum absolute atomic E-state index is 5.18. The first-order chi connectivity index (χ1) is 7.31. The number of hydrogen-bond donors (Lipinski definition) is 0. The second-order valence-electron chi connectivity index (χ2n) is 2.63. The van der Waals surface area contributed by atoms with Gasteiger partial charge < -0.3 is 9.47 Å². The average molecular weight is 275 g/mol. The van der Waals surface area contributed by atoms with Crippen LogP contribution in [0.5, 0.6) is 11.5 Å². The van der Waals surface area contributed by atoms with Crippen LogP contribution in [0.3, 0.4) is 0 Å². The van der Waals surface area contributed by atoms with E-state index >= 15 is 0 Å². The van der Waals surface area contributed by atoms with E-state index in [4.69, 9.17) is 9.47 Å². The van der Waals surface area contributed by atoms with Crippen molar-refractivity contribution < 1.29 is 9.47 Å². The van der Waals surface area contributed by atoms with E-state index in [0.717, 1.165) is 23.2 Å². The fourth-order valence-electron chi connectivity index (χ4n) is 1.15. The molecule has 0 aliphatic carbocycles. The minimum atomic E-state index is 0.779. The molecule has 0 aliphatic heterocycles. The molecule has 0 fully saturated rings. The monoisotopic (exact) mass is 274 g/mol. The Hall–Kier alpha value is -0.700. The number of alkyl halides is 1. The molecule has 0 saturated carbocycles. The minimum Gasteiger partial charge on any atom is -0.493 e. The molecule has 0 bridgehead atoms. The maximum Gasteiger partial charge on any atom is 0.160 e. The van der Waals surface area contributed by atoms with Crippen LogP contribution < -0.4 is 9.47 Å². The van der Waals surface area contributed by atoms with Crippen LogP contribution in [0.15, 0.2) is 18.2 Å². The highest BCUT2D eigenvalue weighted by Crippen LogP contribution is 2.27. The lowest BCUT2D eigenvalue weighted by atomic mass is 10.1. The molecule has 0 atom stereocenters. The van der Waals surface area contributed by atoms with Gasteiger partial charge in [0, 0.05) is 5.33 Å². The molecule has 0 N–H and O–H groups in total. The van der Waals surface area contributed by atoms with Crippen molar-refractivity contribution in [1.29, 1.82) is 0 Å². The van der Waals surface area contributed by atoms with E-state index in [9.17, 15) is 0 Å². The Morgan fingerprint density at radius 3 is 2.13 bits per heavy atom. The first kappa shape index (κ1) is 14.3. The third-order valence-corrected chi connectivity index (χ3v) is 2.23. The number of ether oxygens (including phenoxy) is 2. The summed E-state index contributed by atoms with van der Waals surface area (Å²) in [7, 11) is 3.29. The molecule has 15 heavy (non-hydrogen) atoms. The number of halogens is 1. The molecule has 0 radical (unpaired) electrons. The van der Waals surface area contributed by atoms with E-state index < -0.39 is 0 Å². The van der Waals surface area contributed by atoms with Crippen LogP contribution >= 0.6 is 15.9 Å². The van der Waals surface area contributed by atoms with Crippen molar-refractivity contribution in [2.45, 2.75) is 20.3 Å². The van der Waals surface area contributed by atoms with Crippen LogP contribution in [0.2, 0.25) is 0 Å². The molecule has 0 spiro atoms. The van der Waals surface area contributed by atoms with Gasteiger partial charge in [-0.25, -0.2) is 0 Å². The van der Waals surface area contributed by atoms with E-state index in [0.29, 0.717) is 0 Å². The Bertz CT molecular complexity index is 274. The van der Waals surface area contributed by atoms with Crippen LogP contribution in [-0.2, 0) is 6.42 Å². The maximum atomic E-state index is 5.18. The smallest absolute Gasteiger partial charge is 0.160 e. The average Bonchev–Trinajstić information content (AvgIpc) is 2.32. The number of hydrogen-bond acceptors (Lipinski definition) is 2. The predicted molar refractivity (Wildman–Crippen MR) is 68.4 cm³/mol. The molecular formula is C12H19BrO2. The van der Waals surface area contributed by atoms with Crippen molar-refractivity contribution in [2.24, 2.45) is 0 Å². The van der Waals surface area contributed by atoms with Crippen LogP contribution in [0, 0.1) is 0 Å². The van der Waals surface area contributed by atoms with E-state index in [1.54, 1.807) is 14.2 Å². The quantitative estimate of drug-likeness (QED) is 0.781. The first-order valence-corrected chi connectivity index (χ1v) is 6.21. The molecule has 0 saturated heterocycles. The molecule has 0 aromatic heterocycles. The lowest BCUT2D eigenvalue weighted by Crippen LogP contribution is -1.93. The molecule has 1 aromatic rings. The molecule has 1 aromatic carbocycles. The van der Waals surface area contributed by atoms with Crippen molar-refractivity contribution in [3.05, 3.63) is 23.8 Å². The van der Waals surface area contributed by atoms with Crippen molar-refractivity contribution in [3.8, 4) is 11.5 Å². The zero-order valence-electron chi connectivity index (χ0n) is 9.84. The van der Waals surface area contributed by atoms with E-state index in [1.807, 2.05) is 32.0 Å². The Kier molecular flexibility index (Phi) is 8.19. The van der Waals surface area contributed by atoms with Gasteiger partial charge in [0.25, 0.3) is 0 Å². The highest BCUT2D eigenvalue weighted by molar-refractivity contribution is 9.09. The Morgan fingerprint density at radius 2 is 1.67 bits per heavy atom. The van der Waals surface area contributed by atoms with E-state index in [-0.39, 0.29) is 0 Å². The highest BCUT2D eigenvalue weighted by atomic mass is 79.9. The van der Waals surface area contributed by atoms with Crippen LogP contribution in [0.4, 0.5) is 0 Å². The molecule has 2 nitrogen and oxygen atoms in total. The number of aryl methyl sites for hydroxylation is 1. The van der Waals surface area contributed by atoms with Gasteiger partial charge in [-0.3, -0.25) is 0 Å². The summed E-state index contributed by atoms with van der Waals surface area (Å²) in [5, 5.41) is 0.961. The summed E-state index contributed by atoms with van der Waals surface area (Å²) in [5.41, 5.74) is 1.24. The summed E-state index contributed by atoms with van der Waals surface area (Å²) in [6, 6.07) is 5.97. The topological polar surface area (TPSA) is 18.5 Å². The van der Waals surface area contributed by atoms with Gasteiger partial charge in [0.15, 0.2) is 11.5 Å². The summed E-state index contributed by atoms with van der Waals surface area (Å²) < 4.78 is 10.3. The lowest BCUT2D eigenvalue weighted by molar-refractivity contribution is 0.354. The van der Waals surface area contributed by atoms with Gasteiger partial charge in [0.1, 0.15) is 0 Å². The molecule has 3 heteroatoms. The summed E-state index contributed by atoms with van der Waals surface area (Å²) in [6.45, 7) is 4.00. The SMILES string of the molecule is CC.COc1ccc(CCBr)cc1OC. The normalized spacial score (nSPS) is 8.87. The standard InChI is InChI=1S/C10H13BrO2.C2H6/c1-12-9-4-3-8(5-6-11)7-10(9)13-2;1-2/h3-4,7H,5-6H2,1-2H3;1-2H3.